The monoisotopic (exact) mass is 374 g/mol. The van der Waals surface area contributed by atoms with Crippen LogP contribution in [0, 0.1) is 38.5 Å². The number of benzene rings is 1. The van der Waals surface area contributed by atoms with Crippen molar-refractivity contribution >= 4 is 17.7 Å². The van der Waals surface area contributed by atoms with Crippen LogP contribution < -0.4 is 0 Å². The highest BCUT2D eigenvalue weighted by molar-refractivity contribution is 6.03. The molecule has 1 saturated heterocycles. The molecule has 1 aromatic rings. The first kappa shape index (κ1) is 21.1. The van der Waals surface area contributed by atoms with Gasteiger partial charge in [0, 0.05) is 17.4 Å². The maximum atomic E-state index is 13.5. The number of cyclic esters (lactones) is 1. The van der Waals surface area contributed by atoms with E-state index in [1.807, 2.05) is 39.8 Å². The van der Waals surface area contributed by atoms with Crippen molar-refractivity contribution in [3.63, 3.8) is 0 Å². The third-order valence-corrected chi connectivity index (χ3v) is 5.45. The second-order valence-corrected chi connectivity index (χ2v) is 7.93. The average Bonchev–Trinajstić information content (AvgIpc) is 2.76. The van der Waals surface area contributed by atoms with Gasteiger partial charge in [-0.3, -0.25) is 14.4 Å². The first-order valence-electron chi connectivity index (χ1n) is 9.56. The summed E-state index contributed by atoms with van der Waals surface area (Å²) in [6, 6.07) is 3.97. The summed E-state index contributed by atoms with van der Waals surface area (Å²) >= 11 is 0. The SMILES string of the molecule is CCOC(=O)[C@@H]1C(=O)OC(C)(C)[C@H]1[C@@H](CC)C(=O)c1c(C)cc(C)cc1C. The summed E-state index contributed by atoms with van der Waals surface area (Å²) in [6.07, 6.45) is 0.506. The minimum absolute atomic E-state index is 0.0434. The first-order chi connectivity index (χ1) is 12.5. The zero-order valence-electron chi connectivity index (χ0n) is 17.3. The highest BCUT2D eigenvalue weighted by Gasteiger charge is 2.58. The topological polar surface area (TPSA) is 69.7 Å². The van der Waals surface area contributed by atoms with Crippen LogP contribution in [0.4, 0.5) is 0 Å². The van der Waals surface area contributed by atoms with Crippen LogP contribution in [0.3, 0.4) is 0 Å². The third kappa shape index (κ3) is 3.92. The molecule has 1 aliphatic rings. The molecule has 0 radical (unpaired) electrons. The van der Waals surface area contributed by atoms with Gasteiger partial charge < -0.3 is 9.47 Å². The number of aryl methyl sites for hydroxylation is 3. The molecule has 0 aliphatic carbocycles. The van der Waals surface area contributed by atoms with Crippen molar-refractivity contribution in [2.24, 2.45) is 17.8 Å². The molecule has 1 aliphatic heterocycles. The second kappa shape index (κ2) is 7.83. The van der Waals surface area contributed by atoms with Crippen LogP contribution >= 0.6 is 0 Å². The maximum absolute atomic E-state index is 13.5. The molecule has 3 atom stereocenters. The summed E-state index contributed by atoms with van der Waals surface area (Å²) in [7, 11) is 0. The summed E-state index contributed by atoms with van der Waals surface area (Å²) < 4.78 is 10.6. The minimum Gasteiger partial charge on any atom is -0.465 e. The van der Waals surface area contributed by atoms with Crippen LogP contribution in [0.5, 0.6) is 0 Å². The predicted octanol–water partition coefficient (Wildman–Crippen LogP) is 3.95. The number of ether oxygens (including phenoxy) is 2. The van der Waals surface area contributed by atoms with Gasteiger partial charge in [-0.2, -0.15) is 0 Å². The molecule has 1 aromatic carbocycles. The van der Waals surface area contributed by atoms with Gasteiger partial charge >= 0.3 is 11.9 Å². The van der Waals surface area contributed by atoms with Crippen LogP contribution in [-0.4, -0.2) is 29.9 Å². The van der Waals surface area contributed by atoms with Crippen molar-refractivity contribution in [1.82, 2.24) is 0 Å². The van der Waals surface area contributed by atoms with Gasteiger partial charge in [0.15, 0.2) is 11.7 Å². The molecule has 5 nitrogen and oxygen atoms in total. The van der Waals surface area contributed by atoms with Gasteiger partial charge in [-0.25, -0.2) is 0 Å². The van der Waals surface area contributed by atoms with E-state index in [-0.39, 0.29) is 12.4 Å². The summed E-state index contributed by atoms with van der Waals surface area (Å²) in [5.74, 6) is -3.41. The number of esters is 2. The molecule has 0 bridgehead atoms. The predicted molar refractivity (Wildman–Crippen MR) is 103 cm³/mol. The van der Waals surface area contributed by atoms with E-state index >= 15 is 0 Å². The van der Waals surface area contributed by atoms with E-state index in [1.165, 1.54) is 0 Å². The van der Waals surface area contributed by atoms with Crippen molar-refractivity contribution in [2.75, 3.05) is 6.61 Å². The number of hydrogen-bond acceptors (Lipinski definition) is 5. The molecule has 0 spiro atoms. The molecule has 0 N–H and O–H groups in total. The van der Waals surface area contributed by atoms with Gasteiger partial charge in [0.25, 0.3) is 0 Å². The van der Waals surface area contributed by atoms with Crippen LogP contribution in [0.1, 0.15) is 61.2 Å². The number of carbonyl (C=O) groups excluding carboxylic acids is 3. The zero-order chi connectivity index (χ0) is 20.5. The highest BCUT2D eigenvalue weighted by atomic mass is 16.6. The maximum Gasteiger partial charge on any atom is 0.321 e. The molecule has 5 heteroatoms. The molecule has 148 valence electrons. The van der Waals surface area contributed by atoms with Crippen molar-refractivity contribution in [3.8, 4) is 0 Å². The summed E-state index contributed by atoms with van der Waals surface area (Å²) in [6.45, 7) is 13.1. The molecule has 0 unspecified atom stereocenters. The Morgan fingerprint density at radius 1 is 1.15 bits per heavy atom. The van der Waals surface area contributed by atoms with Gasteiger partial charge in [0.1, 0.15) is 5.60 Å². The van der Waals surface area contributed by atoms with E-state index in [9.17, 15) is 14.4 Å². The fraction of sp³-hybridized carbons (Fsp3) is 0.591. The van der Waals surface area contributed by atoms with Gasteiger partial charge in [-0.1, -0.05) is 24.6 Å². The van der Waals surface area contributed by atoms with Crippen LogP contribution in [0.15, 0.2) is 12.1 Å². The molecule has 1 heterocycles. The fourth-order valence-electron chi connectivity index (χ4n) is 4.49. The molecule has 1 fully saturated rings. The number of rotatable bonds is 6. The molecule has 0 aromatic heterocycles. The Bertz CT molecular complexity index is 739. The standard InChI is InChI=1S/C22H30O5/c1-8-15(19(23)16-13(4)10-12(3)11-14(16)5)18-17(20(24)26-9-2)21(25)27-22(18,6)7/h10-11,15,17-18H,8-9H2,1-7H3/t15-,17-,18+/m1/s1. The minimum atomic E-state index is -1.07. The Balaban J connectivity index is 2.51. The Morgan fingerprint density at radius 3 is 2.19 bits per heavy atom. The van der Waals surface area contributed by atoms with Crippen molar-refractivity contribution in [3.05, 3.63) is 34.4 Å². The fourth-order valence-corrected chi connectivity index (χ4v) is 4.49. The third-order valence-electron chi connectivity index (χ3n) is 5.45. The number of carbonyl (C=O) groups is 3. The van der Waals surface area contributed by atoms with Crippen LogP contribution in [-0.2, 0) is 19.1 Å². The summed E-state index contributed by atoms with van der Waals surface area (Å²) in [5, 5.41) is 0. The lowest BCUT2D eigenvalue weighted by atomic mass is 9.69. The molecule has 0 saturated carbocycles. The van der Waals surface area contributed by atoms with E-state index in [0.29, 0.717) is 12.0 Å². The molecule has 2 rings (SSSR count). The average molecular weight is 374 g/mol. The lowest BCUT2D eigenvalue weighted by molar-refractivity contribution is -0.157. The van der Waals surface area contributed by atoms with E-state index in [4.69, 9.17) is 9.47 Å². The molecular formula is C22H30O5. The zero-order valence-corrected chi connectivity index (χ0v) is 17.3. The lowest BCUT2D eigenvalue weighted by Gasteiger charge is -2.32. The Hall–Kier alpha value is -2.17. The van der Waals surface area contributed by atoms with E-state index in [2.05, 4.69) is 0 Å². The smallest absolute Gasteiger partial charge is 0.321 e. The normalized spacial score (nSPS) is 22.3. The van der Waals surface area contributed by atoms with E-state index < -0.39 is 35.3 Å². The number of Topliss-reactive ketones (excluding diaryl/α,β-unsaturated/α-hetero) is 1. The Morgan fingerprint density at radius 2 is 1.70 bits per heavy atom. The number of ketones is 1. The van der Waals surface area contributed by atoms with Gasteiger partial charge in [-0.05, 0) is 59.1 Å². The van der Waals surface area contributed by atoms with Gasteiger partial charge in [0.05, 0.1) is 6.61 Å². The largest absolute Gasteiger partial charge is 0.465 e. The molecular weight excluding hydrogens is 344 g/mol. The van der Waals surface area contributed by atoms with Crippen molar-refractivity contribution in [1.29, 1.82) is 0 Å². The summed E-state index contributed by atoms with van der Waals surface area (Å²) in [5.41, 5.74) is 2.67. The Labute approximate surface area is 161 Å². The van der Waals surface area contributed by atoms with Crippen molar-refractivity contribution < 1.29 is 23.9 Å². The van der Waals surface area contributed by atoms with Crippen LogP contribution in [0.25, 0.3) is 0 Å². The first-order valence-corrected chi connectivity index (χ1v) is 9.56. The van der Waals surface area contributed by atoms with Crippen molar-refractivity contribution in [2.45, 2.75) is 60.5 Å². The van der Waals surface area contributed by atoms with E-state index in [0.717, 1.165) is 16.7 Å². The second-order valence-electron chi connectivity index (χ2n) is 7.93. The molecule has 0 amide bonds. The Kier molecular flexibility index (Phi) is 6.13. The quantitative estimate of drug-likeness (QED) is 0.428. The summed E-state index contributed by atoms with van der Waals surface area (Å²) in [4.78, 5) is 38.4. The lowest BCUT2D eigenvalue weighted by Crippen LogP contribution is -2.42. The van der Waals surface area contributed by atoms with E-state index in [1.54, 1.807) is 20.8 Å². The van der Waals surface area contributed by atoms with Gasteiger partial charge in [-0.15, -0.1) is 0 Å². The molecule has 27 heavy (non-hydrogen) atoms. The number of hydrogen-bond donors (Lipinski definition) is 0. The van der Waals surface area contributed by atoms with Gasteiger partial charge in [0.2, 0.25) is 0 Å². The highest BCUT2D eigenvalue weighted by Crippen LogP contribution is 2.45. The van der Waals surface area contributed by atoms with Crippen LogP contribution in [0.2, 0.25) is 0 Å².